The van der Waals surface area contributed by atoms with E-state index in [1.807, 2.05) is 26.8 Å². The second-order valence-electron chi connectivity index (χ2n) is 6.69. The first-order chi connectivity index (χ1) is 12.3. The van der Waals surface area contributed by atoms with E-state index < -0.39 is 12.1 Å². The minimum absolute atomic E-state index is 0.0459. The number of phenolic OH excluding ortho intramolecular Hbond substituents is 2. The molecule has 2 aromatic carbocycles. The van der Waals surface area contributed by atoms with Gasteiger partial charge >= 0.3 is 0 Å². The van der Waals surface area contributed by atoms with Crippen LogP contribution in [-0.2, 0) is 11.2 Å². The molecular weight excluding hydrogens is 332 g/mol. The summed E-state index contributed by atoms with van der Waals surface area (Å²) in [6.45, 7) is 5.74. The average Bonchev–Trinajstić information content (AvgIpc) is 2.69. The molecule has 26 heavy (non-hydrogen) atoms. The van der Waals surface area contributed by atoms with Crippen molar-refractivity contribution in [2.75, 3.05) is 7.11 Å². The Kier molecular flexibility index (Phi) is 4.74. The summed E-state index contributed by atoms with van der Waals surface area (Å²) in [5.41, 5.74) is 3.08. The number of ether oxygens (including phenoxy) is 2. The van der Waals surface area contributed by atoms with E-state index in [9.17, 15) is 15.0 Å². The van der Waals surface area contributed by atoms with Crippen LogP contribution in [0.2, 0.25) is 0 Å². The maximum atomic E-state index is 13.2. The molecule has 0 unspecified atom stereocenters. The topological polar surface area (TPSA) is 76.0 Å². The first-order valence-electron chi connectivity index (χ1n) is 8.39. The number of benzene rings is 2. The van der Waals surface area contributed by atoms with Crippen LogP contribution in [0.1, 0.15) is 52.7 Å². The van der Waals surface area contributed by atoms with Crippen molar-refractivity contribution in [2.45, 2.75) is 33.5 Å². The molecule has 136 valence electrons. The molecule has 1 aliphatic rings. The summed E-state index contributed by atoms with van der Waals surface area (Å²) in [4.78, 5) is 13.2. The van der Waals surface area contributed by atoms with Gasteiger partial charge in [0.15, 0.2) is 0 Å². The Morgan fingerprint density at radius 1 is 1.23 bits per heavy atom. The molecule has 0 saturated carbocycles. The number of fused-ring (bicyclic) bond motifs is 2. The van der Waals surface area contributed by atoms with Crippen molar-refractivity contribution in [1.82, 2.24) is 0 Å². The molecule has 2 N–H and O–H groups in total. The van der Waals surface area contributed by atoms with Crippen LogP contribution in [0.3, 0.4) is 0 Å². The fourth-order valence-corrected chi connectivity index (χ4v) is 3.12. The lowest BCUT2D eigenvalue weighted by Gasteiger charge is -2.18. The minimum atomic E-state index is -0.857. The van der Waals surface area contributed by atoms with Gasteiger partial charge < -0.3 is 19.7 Å². The molecule has 3 rings (SSSR count). The number of rotatable bonds is 3. The van der Waals surface area contributed by atoms with Gasteiger partial charge in [-0.25, -0.2) is 0 Å². The summed E-state index contributed by atoms with van der Waals surface area (Å²) in [5.74, 6) is -0.539. The Balaban J connectivity index is 2.22. The van der Waals surface area contributed by atoms with Crippen molar-refractivity contribution in [3.8, 4) is 17.2 Å². The third-order valence-corrected chi connectivity index (χ3v) is 4.40. The summed E-state index contributed by atoms with van der Waals surface area (Å²) in [5, 5.41) is 21.1. The van der Waals surface area contributed by atoms with Gasteiger partial charge in [0.2, 0.25) is 12.1 Å². The Morgan fingerprint density at radius 3 is 2.62 bits per heavy atom. The second kappa shape index (κ2) is 6.84. The van der Waals surface area contributed by atoms with Crippen molar-refractivity contribution >= 4 is 5.78 Å². The van der Waals surface area contributed by atoms with Crippen LogP contribution >= 0.6 is 0 Å². The predicted octanol–water partition coefficient (Wildman–Crippen LogP) is 4.18. The third-order valence-electron chi connectivity index (χ3n) is 4.40. The largest absolute Gasteiger partial charge is 0.507 e. The van der Waals surface area contributed by atoms with Crippen molar-refractivity contribution in [3.05, 3.63) is 63.7 Å². The lowest BCUT2D eigenvalue weighted by molar-refractivity contribution is -0.0559. The van der Waals surface area contributed by atoms with Gasteiger partial charge in [0, 0.05) is 12.7 Å². The van der Waals surface area contributed by atoms with E-state index in [1.54, 1.807) is 18.2 Å². The van der Waals surface area contributed by atoms with Crippen LogP contribution in [0, 0.1) is 6.92 Å². The maximum Gasteiger partial charge on any atom is 0.227 e. The normalized spacial score (nSPS) is 15.5. The van der Waals surface area contributed by atoms with Crippen molar-refractivity contribution in [3.63, 3.8) is 0 Å². The molecule has 1 heterocycles. The number of methoxy groups -OCH3 is 1. The number of carbonyl (C=O) groups is 1. The number of hydrogen-bond donors (Lipinski definition) is 2. The molecule has 0 spiro atoms. The van der Waals surface area contributed by atoms with E-state index >= 15 is 0 Å². The van der Waals surface area contributed by atoms with Crippen LogP contribution in [0.15, 0.2) is 35.9 Å². The number of allylic oxidation sites excluding steroid dienone is 2. The monoisotopic (exact) mass is 354 g/mol. The molecular formula is C21H22O5. The van der Waals surface area contributed by atoms with Gasteiger partial charge in [0.05, 0.1) is 5.56 Å². The SMILES string of the molecule is CO[C@H]1Oc2ccc(CC=C(C)C)c(O)c2C(=O)c2c(O)cc(C)cc21. The van der Waals surface area contributed by atoms with Gasteiger partial charge in [-0.1, -0.05) is 17.7 Å². The van der Waals surface area contributed by atoms with Crippen LogP contribution < -0.4 is 4.74 Å². The number of phenols is 2. The lowest BCUT2D eigenvalue weighted by atomic mass is 9.93. The van der Waals surface area contributed by atoms with Crippen LogP contribution in [0.5, 0.6) is 17.2 Å². The van der Waals surface area contributed by atoms with E-state index in [2.05, 4.69) is 0 Å². The molecule has 0 fully saturated rings. The Hall–Kier alpha value is -2.79. The van der Waals surface area contributed by atoms with E-state index in [-0.39, 0.29) is 28.4 Å². The zero-order chi connectivity index (χ0) is 19.0. The fraction of sp³-hybridized carbons (Fsp3) is 0.286. The molecule has 5 nitrogen and oxygen atoms in total. The predicted molar refractivity (Wildman–Crippen MR) is 97.9 cm³/mol. The lowest BCUT2D eigenvalue weighted by Crippen LogP contribution is -2.11. The van der Waals surface area contributed by atoms with E-state index in [1.165, 1.54) is 13.2 Å². The highest BCUT2D eigenvalue weighted by atomic mass is 16.7. The van der Waals surface area contributed by atoms with Crippen LogP contribution in [0.25, 0.3) is 0 Å². The van der Waals surface area contributed by atoms with E-state index in [0.717, 1.165) is 11.1 Å². The van der Waals surface area contributed by atoms with Gasteiger partial charge in [-0.05, 0) is 56.5 Å². The first kappa shape index (κ1) is 18.0. The Labute approximate surface area is 152 Å². The van der Waals surface area contributed by atoms with Crippen molar-refractivity contribution in [1.29, 1.82) is 0 Å². The molecule has 0 radical (unpaired) electrons. The first-order valence-corrected chi connectivity index (χ1v) is 8.39. The second-order valence-corrected chi connectivity index (χ2v) is 6.69. The van der Waals surface area contributed by atoms with Crippen LogP contribution in [0.4, 0.5) is 0 Å². The maximum absolute atomic E-state index is 13.2. The zero-order valence-corrected chi connectivity index (χ0v) is 15.3. The third kappa shape index (κ3) is 3.06. The number of carbonyl (C=O) groups excluding carboxylic acids is 1. The molecule has 0 bridgehead atoms. The highest BCUT2D eigenvalue weighted by molar-refractivity contribution is 6.15. The highest BCUT2D eigenvalue weighted by Crippen LogP contribution is 2.43. The molecule has 1 atom stereocenters. The standard InChI is InChI=1S/C21H22O5/c1-11(2)5-6-13-7-8-16-18(19(13)23)20(24)17-14(21(25-4)26-16)9-12(3)10-15(17)22/h5,7-10,21-23H,6H2,1-4H3/t21-/m0/s1. The Bertz CT molecular complexity index is 907. The average molecular weight is 354 g/mol. The molecule has 5 heteroatoms. The molecule has 0 aliphatic carbocycles. The van der Waals surface area contributed by atoms with Gasteiger partial charge in [0.1, 0.15) is 22.8 Å². The molecule has 0 aromatic heterocycles. The quantitative estimate of drug-likeness (QED) is 0.809. The summed E-state index contributed by atoms with van der Waals surface area (Å²) in [6, 6.07) is 6.64. The van der Waals surface area contributed by atoms with Crippen LogP contribution in [-0.4, -0.2) is 23.1 Å². The Morgan fingerprint density at radius 2 is 1.96 bits per heavy atom. The highest BCUT2D eigenvalue weighted by Gasteiger charge is 2.34. The fourth-order valence-electron chi connectivity index (χ4n) is 3.12. The van der Waals surface area contributed by atoms with Gasteiger partial charge in [-0.15, -0.1) is 0 Å². The summed E-state index contributed by atoms with van der Waals surface area (Å²) < 4.78 is 11.2. The van der Waals surface area contributed by atoms with Gasteiger partial charge in [-0.2, -0.15) is 0 Å². The number of aromatic hydroxyl groups is 2. The number of aryl methyl sites for hydroxylation is 1. The molecule has 0 saturated heterocycles. The smallest absolute Gasteiger partial charge is 0.227 e. The summed E-state index contributed by atoms with van der Waals surface area (Å²) in [6.07, 6.45) is 1.61. The summed E-state index contributed by atoms with van der Waals surface area (Å²) >= 11 is 0. The number of ketones is 1. The van der Waals surface area contributed by atoms with Gasteiger partial charge in [0.25, 0.3) is 0 Å². The van der Waals surface area contributed by atoms with E-state index in [4.69, 9.17) is 9.47 Å². The minimum Gasteiger partial charge on any atom is -0.507 e. The molecule has 0 amide bonds. The zero-order valence-electron chi connectivity index (χ0n) is 15.3. The van der Waals surface area contributed by atoms with Crippen molar-refractivity contribution < 1.29 is 24.5 Å². The molecule has 1 aliphatic heterocycles. The van der Waals surface area contributed by atoms with E-state index in [0.29, 0.717) is 17.5 Å². The molecule has 2 aromatic rings. The summed E-state index contributed by atoms with van der Waals surface area (Å²) in [7, 11) is 1.46. The number of hydrogen-bond acceptors (Lipinski definition) is 5. The van der Waals surface area contributed by atoms with Gasteiger partial charge in [-0.3, -0.25) is 4.79 Å². The van der Waals surface area contributed by atoms with Crippen molar-refractivity contribution in [2.24, 2.45) is 0 Å².